The fourth-order valence-electron chi connectivity index (χ4n) is 3.30. The number of hydrogen-bond donors (Lipinski definition) is 1. The monoisotopic (exact) mass is 377 g/mol. The molecule has 3 aromatic rings. The lowest BCUT2D eigenvalue weighted by Gasteiger charge is -2.25. The molecule has 0 aliphatic carbocycles. The van der Waals surface area contributed by atoms with Crippen LogP contribution in [0.15, 0.2) is 60.9 Å². The molecule has 0 saturated heterocycles. The summed E-state index contributed by atoms with van der Waals surface area (Å²) in [5, 5.41) is 7.35. The summed E-state index contributed by atoms with van der Waals surface area (Å²) in [6.45, 7) is 5.27. The van der Waals surface area contributed by atoms with Crippen molar-refractivity contribution in [1.29, 1.82) is 0 Å². The molecule has 1 aromatic heterocycles. The zero-order chi connectivity index (χ0) is 19.5. The van der Waals surface area contributed by atoms with Gasteiger partial charge in [-0.1, -0.05) is 19.9 Å². The van der Waals surface area contributed by atoms with Gasteiger partial charge in [-0.05, 0) is 53.9 Å². The predicted octanol–water partition coefficient (Wildman–Crippen LogP) is 3.77. The molecule has 1 aliphatic heterocycles. The number of carbonyl (C=O) groups is 1. The van der Waals surface area contributed by atoms with Crippen molar-refractivity contribution < 1.29 is 14.3 Å². The lowest BCUT2D eigenvalue weighted by atomic mass is 9.95. The molecule has 0 saturated carbocycles. The Kier molecular flexibility index (Phi) is 5.02. The second-order valence-electron chi connectivity index (χ2n) is 7.10. The molecule has 2 aromatic carbocycles. The first kappa shape index (κ1) is 18.1. The largest absolute Gasteiger partial charge is 0.486 e. The van der Waals surface area contributed by atoms with Gasteiger partial charge in [-0.2, -0.15) is 5.10 Å². The predicted molar refractivity (Wildman–Crippen MR) is 106 cm³/mol. The second-order valence-corrected chi connectivity index (χ2v) is 7.10. The van der Waals surface area contributed by atoms with Crippen molar-refractivity contribution in [2.45, 2.75) is 19.9 Å². The molecule has 0 bridgehead atoms. The molecule has 0 fully saturated rings. The van der Waals surface area contributed by atoms with E-state index in [0.717, 1.165) is 22.7 Å². The van der Waals surface area contributed by atoms with Crippen LogP contribution in [0.3, 0.4) is 0 Å². The number of hydrogen-bond acceptors (Lipinski definition) is 4. The van der Waals surface area contributed by atoms with Gasteiger partial charge in [0.15, 0.2) is 11.5 Å². The fraction of sp³-hybridized carbons (Fsp3) is 0.273. The summed E-state index contributed by atoms with van der Waals surface area (Å²) in [5.41, 5.74) is 2.52. The van der Waals surface area contributed by atoms with Gasteiger partial charge in [0.2, 0.25) is 0 Å². The summed E-state index contributed by atoms with van der Waals surface area (Å²) >= 11 is 0. The van der Waals surface area contributed by atoms with E-state index in [0.29, 0.717) is 18.8 Å². The summed E-state index contributed by atoms with van der Waals surface area (Å²) in [6.07, 6.45) is 3.59. The van der Waals surface area contributed by atoms with E-state index in [9.17, 15) is 4.79 Å². The Hall–Kier alpha value is -3.28. The first-order valence-corrected chi connectivity index (χ1v) is 9.42. The molecule has 1 unspecified atom stereocenters. The SMILES string of the molecule is CC(C)C(NC(=O)c1ccc(-n2cccn2)cc1)c1ccc2c(c1)OCCO2. The number of rotatable bonds is 5. The molecule has 1 N–H and O–H groups in total. The van der Waals surface area contributed by atoms with E-state index in [1.165, 1.54) is 0 Å². The minimum Gasteiger partial charge on any atom is -0.486 e. The Labute approximate surface area is 164 Å². The lowest BCUT2D eigenvalue weighted by Crippen LogP contribution is -2.32. The van der Waals surface area contributed by atoms with Crippen molar-refractivity contribution in [3.63, 3.8) is 0 Å². The highest BCUT2D eigenvalue weighted by Gasteiger charge is 2.22. The fourth-order valence-corrected chi connectivity index (χ4v) is 3.30. The molecule has 144 valence electrons. The van der Waals surface area contributed by atoms with Crippen molar-refractivity contribution in [1.82, 2.24) is 15.1 Å². The zero-order valence-electron chi connectivity index (χ0n) is 16.0. The van der Waals surface area contributed by atoms with Crippen LogP contribution in [0.4, 0.5) is 0 Å². The van der Waals surface area contributed by atoms with E-state index in [4.69, 9.17) is 9.47 Å². The smallest absolute Gasteiger partial charge is 0.251 e. The molecule has 6 heteroatoms. The molecular formula is C22H23N3O3. The molecule has 1 aliphatic rings. The van der Waals surface area contributed by atoms with Gasteiger partial charge in [0.05, 0.1) is 11.7 Å². The van der Waals surface area contributed by atoms with Crippen molar-refractivity contribution in [2.75, 3.05) is 13.2 Å². The van der Waals surface area contributed by atoms with Crippen molar-refractivity contribution >= 4 is 5.91 Å². The molecule has 2 heterocycles. The van der Waals surface area contributed by atoms with Crippen LogP contribution in [0.2, 0.25) is 0 Å². The van der Waals surface area contributed by atoms with E-state index in [2.05, 4.69) is 24.3 Å². The summed E-state index contributed by atoms with van der Waals surface area (Å²) < 4.78 is 13.0. The van der Waals surface area contributed by atoms with Crippen molar-refractivity contribution in [3.05, 3.63) is 72.1 Å². The van der Waals surface area contributed by atoms with E-state index >= 15 is 0 Å². The molecule has 1 atom stereocenters. The van der Waals surface area contributed by atoms with Gasteiger partial charge in [0.1, 0.15) is 13.2 Å². The Morgan fingerprint density at radius 3 is 2.50 bits per heavy atom. The topological polar surface area (TPSA) is 65.4 Å². The maximum absolute atomic E-state index is 12.8. The highest BCUT2D eigenvalue weighted by atomic mass is 16.6. The number of fused-ring (bicyclic) bond motifs is 1. The third-order valence-electron chi connectivity index (χ3n) is 4.78. The number of aromatic nitrogens is 2. The van der Waals surface area contributed by atoms with Crippen LogP contribution in [-0.2, 0) is 0 Å². The number of amides is 1. The Bertz CT molecular complexity index is 950. The third-order valence-corrected chi connectivity index (χ3v) is 4.78. The number of ether oxygens (including phenoxy) is 2. The highest BCUT2D eigenvalue weighted by Crippen LogP contribution is 2.34. The van der Waals surface area contributed by atoms with E-state index in [-0.39, 0.29) is 17.9 Å². The molecular weight excluding hydrogens is 354 g/mol. The van der Waals surface area contributed by atoms with E-state index < -0.39 is 0 Å². The van der Waals surface area contributed by atoms with Gasteiger partial charge in [0, 0.05) is 18.0 Å². The number of nitrogens with one attached hydrogen (secondary N) is 1. The minimum atomic E-state index is -0.130. The van der Waals surface area contributed by atoms with Gasteiger partial charge >= 0.3 is 0 Å². The molecule has 1 amide bonds. The maximum Gasteiger partial charge on any atom is 0.251 e. The number of nitrogens with zero attached hydrogens (tertiary/aromatic N) is 2. The molecule has 0 spiro atoms. The number of benzene rings is 2. The van der Waals surface area contributed by atoms with Gasteiger partial charge < -0.3 is 14.8 Å². The average Bonchev–Trinajstić information content (AvgIpc) is 3.26. The van der Waals surface area contributed by atoms with Crippen LogP contribution >= 0.6 is 0 Å². The molecule has 28 heavy (non-hydrogen) atoms. The van der Waals surface area contributed by atoms with Crippen LogP contribution in [0.25, 0.3) is 5.69 Å². The van der Waals surface area contributed by atoms with Crippen molar-refractivity contribution in [3.8, 4) is 17.2 Å². The van der Waals surface area contributed by atoms with Crippen molar-refractivity contribution in [2.24, 2.45) is 5.92 Å². The minimum absolute atomic E-state index is 0.111. The summed E-state index contributed by atoms with van der Waals surface area (Å²) in [4.78, 5) is 12.8. The van der Waals surface area contributed by atoms with Gasteiger partial charge in [-0.15, -0.1) is 0 Å². The van der Waals surface area contributed by atoms with Gasteiger partial charge in [-0.25, -0.2) is 4.68 Å². The summed E-state index contributed by atoms with van der Waals surface area (Å²) in [6, 6.07) is 15.0. The van der Waals surface area contributed by atoms with Gasteiger partial charge in [0.25, 0.3) is 5.91 Å². The molecule has 4 rings (SSSR count). The normalized spacial score (nSPS) is 14.0. The maximum atomic E-state index is 12.8. The quantitative estimate of drug-likeness (QED) is 0.735. The average molecular weight is 377 g/mol. The zero-order valence-corrected chi connectivity index (χ0v) is 16.0. The van der Waals surface area contributed by atoms with Crippen LogP contribution in [0.5, 0.6) is 11.5 Å². The Balaban J connectivity index is 1.52. The second kappa shape index (κ2) is 7.76. The summed E-state index contributed by atoms with van der Waals surface area (Å²) in [7, 11) is 0. The first-order valence-electron chi connectivity index (χ1n) is 9.42. The molecule has 6 nitrogen and oxygen atoms in total. The van der Waals surface area contributed by atoms with Crippen LogP contribution in [-0.4, -0.2) is 28.9 Å². The van der Waals surface area contributed by atoms with Crippen LogP contribution < -0.4 is 14.8 Å². The van der Waals surface area contributed by atoms with E-state index in [1.807, 2.05) is 54.7 Å². The summed E-state index contributed by atoms with van der Waals surface area (Å²) in [5.74, 6) is 1.58. The van der Waals surface area contributed by atoms with Gasteiger partial charge in [-0.3, -0.25) is 4.79 Å². The van der Waals surface area contributed by atoms with Crippen LogP contribution in [0, 0.1) is 5.92 Å². The lowest BCUT2D eigenvalue weighted by molar-refractivity contribution is 0.0925. The first-order chi connectivity index (χ1) is 13.6. The number of carbonyl (C=O) groups excluding carboxylic acids is 1. The Morgan fingerprint density at radius 1 is 1.07 bits per heavy atom. The Morgan fingerprint density at radius 2 is 1.82 bits per heavy atom. The molecule has 0 radical (unpaired) electrons. The van der Waals surface area contributed by atoms with E-state index in [1.54, 1.807) is 10.9 Å². The highest BCUT2D eigenvalue weighted by molar-refractivity contribution is 5.94. The third kappa shape index (κ3) is 3.71. The van der Waals surface area contributed by atoms with Crippen LogP contribution in [0.1, 0.15) is 35.8 Å². The standard InChI is InChI=1S/C22H23N3O3/c1-15(2)21(17-6-9-19-20(14-17)28-13-12-27-19)24-22(26)16-4-7-18(8-5-16)25-11-3-10-23-25/h3-11,14-15,21H,12-13H2,1-2H3,(H,24,26).